The van der Waals surface area contributed by atoms with Gasteiger partial charge in [0.15, 0.2) is 5.65 Å². The highest BCUT2D eigenvalue weighted by molar-refractivity contribution is 7.90. The number of likely N-dealkylation sites (tertiary alicyclic amines) is 1. The van der Waals surface area contributed by atoms with E-state index in [1.807, 2.05) is 38.1 Å². The SMILES string of the molecule is Cc1ccc(S(=O)(=O)n2cc(-c3ccc(C(=O)N(C)C)c(C)c3)c3cc(-c4ccc(C5CCCN(C)C5)c(C)c4)cnc32)cc1. The van der Waals surface area contributed by atoms with Crippen LogP contribution in [0.5, 0.6) is 0 Å². The van der Waals surface area contributed by atoms with Crippen LogP contribution in [0.3, 0.4) is 0 Å². The number of amides is 1. The van der Waals surface area contributed by atoms with E-state index in [4.69, 9.17) is 4.98 Å². The average Bonchev–Trinajstić information content (AvgIpc) is 3.40. The lowest BCUT2D eigenvalue weighted by Crippen LogP contribution is -2.31. The summed E-state index contributed by atoms with van der Waals surface area (Å²) >= 11 is 0. The van der Waals surface area contributed by atoms with Crippen LogP contribution in [0.25, 0.3) is 33.3 Å². The van der Waals surface area contributed by atoms with Crippen LogP contribution in [0, 0.1) is 20.8 Å². The molecule has 1 amide bonds. The van der Waals surface area contributed by atoms with Crippen LogP contribution >= 0.6 is 0 Å². The van der Waals surface area contributed by atoms with Gasteiger partial charge < -0.3 is 9.80 Å². The molecule has 0 N–H and O–H groups in total. The van der Waals surface area contributed by atoms with Crippen molar-refractivity contribution >= 4 is 27.0 Å². The van der Waals surface area contributed by atoms with Gasteiger partial charge in [0.25, 0.3) is 15.9 Å². The second-order valence-electron chi connectivity index (χ2n) is 12.7. The number of aromatic nitrogens is 2. The number of likely N-dealkylation sites (N-methyl/N-ethyl adjacent to an activating group) is 1. The lowest BCUT2D eigenvalue weighted by molar-refractivity contribution is 0.0827. The smallest absolute Gasteiger partial charge is 0.269 e. The Hall–Kier alpha value is -4.27. The molecule has 0 radical (unpaired) electrons. The number of pyridine rings is 1. The van der Waals surface area contributed by atoms with E-state index in [2.05, 4.69) is 37.1 Å². The number of carbonyl (C=O) groups is 1. The van der Waals surface area contributed by atoms with Crippen molar-refractivity contribution in [2.24, 2.45) is 0 Å². The first-order valence-electron chi connectivity index (χ1n) is 15.4. The van der Waals surface area contributed by atoms with E-state index in [9.17, 15) is 13.2 Å². The van der Waals surface area contributed by atoms with E-state index in [0.29, 0.717) is 17.1 Å². The van der Waals surface area contributed by atoms with Gasteiger partial charge >= 0.3 is 0 Å². The quantitative estimate of drug-likeness (QED) is 0.204. The number of hydrogen-bond acceptors (Lipinski definition) is 5. The fourth-order valence-electron chi connectivity index (χ4n) is 6.52. The van der Waals surface area contributed by atoms with E-state index in [-0.39, 0.29) is 10.8 Å². The Labute approximate surface area is 266 Å². The molecule has 45 heavy (non-hydrogen) atoms. The molecule has 0 spiro atoms. The highest BCUT2D eigenvalue weighted by Gasteiger charge is 2.25. The van der Waals surface area contributed by atoms with Crippen LogP contribution in [-0.4, -0.2) is 67.3 Å². The van der Waals surface area contributed by atoms with Crippen molar-refractivity contribution in [3.05, 3.63) is 107 Å². The zero-order valence-electron chi connectivity index (χ0n) is 26.8. The van der Waals surface area contributed by atoms with Gasteiger partial charge in [0.1, 0.15) is 0 Å². The molecule has 1 saturated heterocycles. The monoisotopic (exact) mass is 620 g/mol. The molecular weight excluding hydrogens is 580 g/mol. The number of carbonyl (C=O) groups excluding carboxylic acids is 1. The number of aryl methyl sites for hydroxylation is 3. The molecule has 1 atom stereocenters. The maximum atomic E-state index is 14.0. The Bertz CT molecular complexity index is 2030. The van der Waals surface area contributed by atoms with E-state index in [1.165, 1.54) is 27.9 Å². The van der Waals surface area contributed by atoms with Crippen LogP contribution in [0.4, 0.5) is 0 Å². The van der Waals surface area contributed by atoms with Crippen molar-refractivity contribution < 1.29 is 13.2 Å². The number of fused-ring (bicyclic) bond motifs is 1. The lowest BCUT2D eigenvalue weighted by atomic mass is 9.87. The third kappa shape index (κ3) is 5.80. The largest absolute Gasteiger partial charge is 0.345 e. The van der Waals surface area contributed by atoms with Crippen LogP contribution in [-0.2, 0) is 10.0 Å². The molecule has 1 unspecified atom stereocenters. The summed E-state index contributed by atoms with van der Waals surface area (Å²) in [5.74, 6) is 0.447. The highest BCUT2D eigenvalue weighted by atomic mass is 32.2. The van der Waals surface area contributed by atoms with Crippen molar-refractivity contribution in [3.63, 3.8) is 0 Å². The first kappa shape index (κ1) is 30.7. The number of piperidine rings is 1. The fourth-order valence-corrected chi connectivity index (χ4v) is 7.84. The van der Waals surface area contributed by atoms with E-state index in [1.54, 1.807) is 55.7 Å². The summed E-state index contributed by atoms with van der Waals surface area (Å²) in [5, 5.41) is 0.727. The molecule has 3 heterocycles. The van der Waals surface area contributed by atoms with Gasteiger partial charge in [-0.2, -0.15) is 0 Å². The van der Waals surface area contributed by atoms with Gasteiger partial charge in [-0.25, -0.2) is 17.4 Å². The van der Waals surface area contributed by atoms with Gasteiger partial charge in [-0.15, -0.1) is 0 Å². The molecule has 232 valence electrons. The molecule has 1 aliphatic heterocycles. The molecule has 1 aliphatic rings. The predicted octanol–water partition coefficient (Wildman–Crippen LogP) is 7.04. The second kappa shape index (κ2) is 11.9. The van der Waals surface area contributed by atoms with Gasteiger partial charge in [0.05, 0.1) is 4.90 Å². The summed E-state index contributed by atoms with van der Waals surface area (Å²) in [6, 6.07) is 21.2. The summed E-state index contributed by atoms with van der Waals surface area (Å²) < 4.78 is 29.2. The second-order valence-corrected chi connectivity index (χ2v) is 14.5. The lowest BCUT2D eigenvalue weighted by Gasteiger charge is -2.31. The van der Waals surface area contributed by atoms with Crippen LogP contribution < -0.4 is 0 Å². The first-order valence-corrected chi connectivity index (χ1v) is 16.8. The summed E-state index contributed by atoms with van der Waals surface area (Å²) in [6.45, 7) is 8.22. The Kier molecular flexibility index (Phi) is 8.14. The molecular formula is C37H40N4O3S. The fraction of sp³-hybridized carbons (Fsp3) is 0.297. The first-order chi connectivity index (χ1) is 21.4. The molecule has 8 heteroatoms. The summed E-state index contributed by atoms with van der Waals surface area (Å²) in [6.07, 6.45) is 5.83. The Morgan fingerprint density at radius 1 is 0.889 bits per heavy atom. The van der Waals surface area contributed by atoms with Crippen LogP contribution in [0.2, 0.25) is 0 Å². The molecule has 0 saturated carbocycles. The summed E-state index contributed by atoms with van der Waals surface area (Å²) in [4.78, 5) is 21.7. The topological polar surface area (TPSA) is 75.5 Å². The van der Waals surface area contributed by atoms with E-state index >= 15 is 0 Å². The van der Waals surface area contributed by atoms with E-state index < -0.39 is 10.0 Å². The van der Waals surface area contributed by atoms with Crippen LogP contribution in [0.15, 0.2) is 84.0 Å². The van der Waals surface area contributed by atoms with Gasteiger partial charge in [0.2, 0.25) is 0 Å². The minimum atomic E-state index is -3.93. The Morgan fingerprint density at radius 2 is 1.60 bits per heavy atom. The average molecular weight is 621 g/mol. The van der Waals surface area contributed by atoms with Crippen LogP contribution in [0.1, 0.15) is 51.4 Å². The molecule has 3 aromatic carbocycles. The van der Waals surface area contributed by atoms with Crippen molar-refractivity contribution in [2.75, 3.05) is 34.2 Å². The number of rotatable bonds is 6. The number of hydrogen-bond donors (Lipinski definition) is 0. The minimum absolute atomic E-state index is 0.0777. The van der Waals surface area contributed by atoms with Gasteiger partial charge in [-0.05, 0) is 105 Å². The minimum Gasteiger partial charge on any atom is -0.345 e. The molecule has 0 bridgehead atoms. The van der Waals surface area contributed by atoms with Crippen molar-refractivity contribution in [1.82, 2.24) is 18.8 Å². The molecule has 0 aliphatic carbocycles. The Balaban J connectivity index is 1.49. The molecule has 2 aromatic heterocycles. The normalized spacial score (nSPS) is 15.8. The van der Waals surface area contributed by atoms with Gasteiger partial charge in [-0.3, -0.25) is 4.79 Å². The molecule has 6 rings (SSSR count). The summed E-state index contributed by atoms with van der Waals surface area (Å²) in [5.41, 5.74) is 8.92. The van der Waals surface area contributed by atoms with Gasteiger partial charge in [-0.1, -0.05) is 48.0 Å². The molecule has 5 aromatic rings. The third-order valence-electron chi connectivity index (χ3n) is 9.03. The maximum absolute atomic E-state index is 14.0. The molecule has 7 nitrogen and oxygen atoms in total. The Morgan fingerprint density at radius 3 is 2.27 bits per heavy atom. The zero-order valence-corrected chi connectivity index (χ0v) is 27.6. The predicted molar refractivity (Wildman–Crippen MR) is 181 cm³/mol. The van der Waals surface area contributed by atoms with E-state index in [0.717, 1.165) is 51.9 Å². The van der Waals surface area contributed by atoms with Crippen molar-refractivity contribution in [3.8, 4) is 22.3 Å². The highest BCUT2D eigenvalue weighted by Crippen LogP contribution is 2.37. The maximum Gasteiger partial charge on any atom is 0.269 e. The third-order valence-corrected chi connectivity index (χ3v) is 10.7. The van der Waals surface area contributed by atoms with Crippen molar-refractivity contribution in [1.29, 1.82) is 0 Å². The van der Waals surface area contributed by atoms with Gasteiger partial charge in [0, 0.05) is 55.1 Å². The number of benzene rings is 3. The van der Waals surface area contributed by atoms with Crippen molar-refractivity contribution in [2.45, 2.75) is 44.4 Å². The standard InChI is InChI=1S/C37H40N4O3S/c1-24-9-13-31(14-10-24)45(43,44)41-23-35(28-12-16-33(26(3)19-28)37(42)39(4)5)34-20-30(21-38-36(34)41)27-11-15-32(25(2)18-27)29-8-7-17-40(6)22-29/h9-16,18-21,23,29H,7-8,17,22H2,1-6H3. The zero-order chi connectivity index (χ0) is 32.0. The summed E-state index contributed by atoms with van der Waals surface area (Å²) in [7, 11) is 1.72. The number of nitrogens with zero attached hydrogens (tertiary/aromatic N) is 4. The molecule has 1 fully saturated rings.